The zero-order chi connectivity index (χ0) is 22.4. The maximum Gasteiger partial charge on any atom is 0.247 e. The molecule has 1 heterocycles. The molecule has 0 aliphatic carbocycles. The first kappa shape index (κ1) is 26.6. The van der Waals surface area contributed by atoms with Gasteiger partial charge in [-0.1, -0.05) is 59.1 Å². The number of carbonyl (C=O) groups excluding carboxylic acids is 2. The highest BCUT2D eigenvalue weighted by atomic mass is 16.2. The Labute approximate surface area is 177 Å². The van der Waals surface area contributed by atoms with Crippen molar-refractivity contribution in [1.29, 1.82) is 0 Å². The summed E-state index contributed by atoms with van der Waals surface area (Å²) in [4.78, 5) is 26.6. The highest BCUT2D eigenvalue weighted by Crippen LogP contribution is 2.23. The molecule has 0 spiro atoms. The van der Waals surface area contributed by atoms with Crippen molar-refractivity contribution in [1.82, 2.24) is 9.80 Å². The van der Waals surface area contributed by atoms with Crippen molar-refractivity contribution in [3.8, 4) is 0 Å². The van der Waals surface area contributed by atoms with Crippen LogP contribution >= 0.6 is 0 Å². The van der Waals surface area contributed by atoms with Gasteiger partial charge in [0, 0.05) is 37.9 Å². The fourth-order valence-corrected chi connectivity index (χ4v) is 2.89. The van der Waals surface area contributed by atoms with Crippen molar-refractivity contribution >= 4 is 17.5 Å². The second-order valence-corrected chi connectivity index (χ2v) is 7.09. The van der Waals surface area contributed by atoms with Gasteiger partial charge >= 0.3 is 0 Å². The summed E-state index contributed by atoms with van der Waals surface area (Å²) in [6, 6.07) is 8.38. The summed E-state index contributed by atoms with van der Waals surface area (Å²) < 4.78 is 0. The number of benzene rings is 1. The Hall–Kier alpha value is -2.40. The average molecular weight is 402 g/mol. The van der Waals surface area contributed by atoms with Gasteiger partial charge in [0.2, 0.25) is 11.8 Å². The Morgan fingerprint density at radius 1 is 0.966 bits per heavy atom. The molecule has 29 heavy (non-hydrogen) atoms. The molecule has 1 saturated heterocycles. The lowest BCUT2D eigenvalue weighted by Gasteiger charge is -2.36. The van der Waals surface area contributed by atoms with Gasteiger partial charge in [-0.2, -0.15) is 0 Å². The van der Waals surface area contributed by atoms with Gasteiger partial charge < -0.3 is 10.2 Å². The van der Waals surface area contributed by atoms with Gasteiger partial charge in [-0.3, -0.25) is 14.5 Å². The normalized spacial score (nSPS) is 13.6. The van der Waals surface area contributed by atoms with Crippen molar-refractivity contribution in [2.75, 3.05) is 31.5 Å². The lowest BCUT2D eigenvalue weighted by Crippen LogP contribution is -2.50. The molecule has 5 nitrogen and oxygen atoms in total. The molecular formula is C24H39N3O2. The minimum atomic E-state index is -0.168. The van der Waals surface area contributed by atoms with Crippen LogP contribution in [0.3, 0.4) is 0 Å². The first-order valence-electron chi connectivity index (χ1n) is 10.5. The van der Waals surface area contributed by atoms with Crippen LogP contribution in [0.15, 0.2) is 49.6 Å². The van der Waals surface area contributed by atoms with E-state index in [9.17, 15) is 9.59 Å². The Morgan fingerprint density at radius 2 is 1.52 bits per heavy atom. The number of nitrogens with one attached hydrogen (secondary N) is 1. The number of para-hydroxylation sites is 1. The van der Waals surface area contributed by atoms with E-state index in [-0.39, 0.29) is 11.8 Å². The highest BCUT2D eigenvalue weighted by Gasteiger charge is 2.20. The first-order chi connectivity index (χ1) is 13.8. The van der Waals surface area contributed by atoms with Crippen LogP contribution < -0.4 is 5.32 Å². The SMILES string of the molecule is C=CC(=O)N1CCN(C(C)C)CC1.C=CC(=O)Nc1ccccc1C(C)C.CC. The number of nitrogens with zero attached hydrogens (tertiary/aromatic N) is 2. The second kappa shape index (κ2) is 14.6. The maximum atomic E-state index is 11.2. The molecule has 0 aromatic heterocycles. The molecular weight excluding hydrogens is 362 g/mol. The van der Waals surface area contributed by atoms with Crippen LogP contribution in [0.25, 0.3) is 0 Å². The van der Waals surface area contributed by atoms with Gasteiger partial charge in [0.05, 0.1) is 0 Å². The molecule has 2 amide bonds. The van der Waals surface area contributed by atoms with Gasteiger partial charge in [0.25, 0.3) is 0 Å². The second-order valence-electron chi connectivity index (χ2n) is 7.09. The topological polar surface area (TPSA) is 52.7 Å². The number of amides is 2. The number of piperazine rings is 1. The van der Waals surface area contributed by atoms with E-state index < -0.39 is 0 Å². The Balaban J connectivity index is 0.000000499. The van der Waals surface area contributed by atoms with E-state index in [2.05, 4.69) is 51.1 Å². The number of anilines is 1. The predicted molar refractivity (Wildman–Crippen MR) is 124 cm³/mol. The molecule has 0 atom stereocenters. The molecule has 5 heteroatoms. The van der Waals surface area contributed by atoms with Crippen LogP contribution in [0.4, 0.5) is 5.69 Å². The summed E-state index contributed by atoms with van der Waals surface area (Å²) in [5.74, 6) is 0.290. The van der Waals surface area contributed by atoms with Crippen molar-refractivity contribution in [2.45, 2.75) is 53.5 Å². The van der Waals surface area contributed by atoms with Gasteiger partial charge in [-0.15, -0.1) is 0 Å². The van der Waals surface area contributed by atoms with E-state index in [0.29, 0.717) is 12.0 Å². The monoisotopic (exact) mass is 401 g/mol. The zero-order valence-electron chi connectivity index (χ0n) is 19.1. The van der Waals surface area contributed by atoms with E-state index in [0.717, 1.165) is 37.4 Å². The number of hydrogen-bond donors (Lipinski definition) is 1. The lowest BCUT2D eigenvalue weighted by atomic mass is 10.0. The fourth-order valence-electron chi connectivity index (χ4n) is 2.89. The van der Waals surface area contributed by atoms with Crippen LogP contribution in [0.1, 0.15) is 53.0 Å². The summed E-state index contributed by atoms with van der Waals surface area (Å²) in [5.41, 5.74) is 2.01. The molecule has 1 aromatic rings. The highest BCUT2D eigenvalue weighted by molar-refractivity contribution is 5.99. The number of rotatable bonds is 5. The third-order valence-electron chi connectivity index (χ3n) is 4.56. The third-order valence-corrected chi connectivity index (χ3v) is 4.56. The Bertz CT molecular complexity index is 645. The molecule has 2 rings (SSSR count). The van der Waals surface area contributed by atoms with Crippen molar-refractivity contribution < 1.29 is 9.59 Å². The quantitative estimate of drug-likeness (QED) is 0.729. The van der Waals surface area contributed by atoms with E-state index in [1.54, 1.807) is 0 Å². The van der Waals surface area contributed by atoms with E-state index >= 15 is 0 Å². The Kier molecular flexibility index (Phi) is 13.4. The molecule has 1 fully saturated rings. The van der Waals surface area contributed by atoms with Crippen LogP contribution in [0.5, 0.6) is 0 Å². The van der Waals surface area contributed by atoms with Crippen molar-refractivity contribution in [3.05, 3.63) is 55.1 Å². The molecule has 1 N–H and O–H groups in total. The molecule has 0 saturated carbocycles. The number of hydrogen-bond acceptors (Lipinski definition) is 3. The molecule has 1 aromatic carbocycles. The summed E-state index contributed by atoms with van der Waals surface area (Å²) in [6.45, 7) is 23.1. The van der Waals surface area contributed by atoms with Gasteiger partial charge in [0.1, 0.15) is 0 Å². The average Bonchev–Trinajstić information content (AvgIpc) is 2.75. The minimum Gasteiger partial charge on any atom is -0.337 e. The van der Waals surface area contributed by atoms with Crippen LogP contribution in [-0.4, -0.2) is 53.8 Å². The predicted octanol–water partition coefficient (Wildman–Crippen LogP) is 4.69. The largest absolute Gasteiger partial charge is 0.337 e. The molecule has 0 bridgehead atoms. The first-order valence-corrected chi connectivity index (χ1v) is 10.5. The third kappa shape index (κ3) is 9.57. The fraction of sp³-hybridized carbons (Fsp3) is 0.500. The van der Waals surface area contributed by atoms with Crippen molar-refractivity contribution in [2.24, 2.45) is 0 Å². The standard InChI is InChI=1S/C12H15NO.C10H18N2O.C2H6/c1-4-12(14)13-11-8-6-5-7-10(11)9(2)3;1-4-10(13)12-7-5-11(6-8-12)9(2)3;1-2/h4-9H,1H2,2-3H3,(H,13,14);4,9H,1,5-8H2,2-3H3;1-2H3. The van der Waals surface area contributed by atoms with Gasteiger partial charge in [0.15, 0.2) is 0 Å². The summed E-state index contributed by atoms with van der Waals surface area (Å²) >= 11 is 0. The molecule has 0 radical (unpaired) electrons. The van der Waals surface area contributed by atoms with E-state index in [1.807, 2.05) is 43.0 Å². The van der Waals surface area contributed by atoms with E-state index in [4.69, 9.17) is 0 Å². The lowest BCUT2D eigenvalue weighted by molar-refractivity contribution is -0.128. The van der Waals surface area contributed by atoms with Crippen molar-refractivity contribution in [3.63, 3.8) is 0 Å². The molecule has 162 valence electrons. The maximum absolute atomic E-state index is 11.2. The van der Waals surface area contributed by atoms with Gasteiger partial charge in [-0.05, 0) is 43.5 Å². The number of carbonyl (C=O) groups is 2. The van der Waals surface area contributed by atoms with Gasteiger partial charge in [-0.25, -0.2) is 0 Å². The molecule has 1 aliphatic heterocycles. The molecule has 0 unspecified atom stereocenters. The van der Waals surface area contributed by atoms with Crippen LogP contribution in [-0.2, 0) is 9.59 Å². The van der Waals surface area contributed by atoms with Crippen LogP contribution in [0.2, 0.25) is 0 Å². The summed E-state index contributed by atoms with van der Waals surface area (Å²) in [7, 11) is 0. The Morgan fingerprint density at radius 3 is 1.97 bits per heavy atom. The molecule has 1 aliphatic rings. The van der Waals surface area contributed by atoms with E-state index in [1.165, 1.54) is 12.2 Å². The zero-order valence-corrected chi connectivity index (χ0v) is 19.1. The smallest absolute Gasteiger partial charge is 0.247 e. The summed E-state index contributed by atoms with van der Waals surface area (Å²) in [5, 5.41) is 2.78. The van der Waals surface area contributed by atoms with Crippen LogP contribution in [0, 0.1) is 0 Å². The summed E-state index contributed by atoms with van der Waals surface area (Å²) in [6.07, 6.45) is 2.67. The minimum absolute atomic E-state index is 0.0587.